The summed E-state index contributed by atoms with van der Waals surface area (Å²) >= 11 is 1.19. The van der Waals surface area contributed by atoms with E-state index in [1.165, 1.54) is 18.9 Å². The van der Waals surface area contributed by atoms with Crippen LogP contribution in [0.4, 0.5) is 5.69 Å². The van der Waals surface area contributed by atoms with Crippen LogP contribution in [0.25, 0.3) is 0 Å². The second kappa shape index (κ2) is 8.18. The van der Waals surface area contributed by atoms with Crippen molar-refractivity contribution in [2.45, 2.75) is 30.8 Å². The first-order chi connectivity index (χ1) is 12.6. The van der Waals surface area contributed by atoms with Crippen molar-refractivity contribution in [1.29, 1.82) is 0 Å². The molecule has 1 amide bonds. The highest BCUT2D eigenvalue weighted by atomic mass is 32.2. The zero-order chi connectivity index (χ0) is 18.5. The lowest BCUT2D eigenvalue weighted by Crippen LogP contribution is -2.22. The Bertz CT molecular complexity index is 877. The van der Waals surface area contributed by atoms with Crippen LogP contribution in [0, 0.1) is 0 Å². The van der Waals surface area contributed by atoms with Crippen LogP contribution in [0.1, 0.15) is 34.5 Å². The highest BCUT2D eigenvalue weighted by molar-refractivity contribution is 7.99. The number of rotatable bonds is 5. The van der Waals surface area contributed by atoms with Gasteiger partial charge in [0.2, 0.25) is 5.91 Å². The molecule has 0 unspecified atom stereocenters. The molecule has 0 bridgehead atoms. The van der Waals surface area contributed by atoms with Crippen molar-refractivity contribution >= 4 is 29.3 Å². The molecule has 1 aromatic carbocycles. The predicted molar refractivity (Wildman–Crippen MR) is 98.6 cm³/mol. The van der Waals surface area contributed by atoms with Gasteiger partial charge in [0.15, 0.2) is 5.16 Å². The minimum Gasteiger partial charge on any atom is -0.465 e. The number of hydrogen-bond donors (Lipinski definition) is 2. The van der Waals surface area contributed by atoms with Crippen LogP contribution in [0.5, 0.6) is 0 Å². The minimum atomic E-state index is -0.430. The molecular weight excluding hydrogens is 354 g/mol. The Hall–Kier alpha value is -2.61. The molecule has 0 aliphatic heterocycles. The van der Waals surface area contributed by atoms with Gasteiger partial charge in [0, 0.05) is 11.3 Å². The van der Waals surface area contributed by atoms with E-state index in [2.05, 4.69) is 20.0 Å². The number of carbonyl (C=O) groups excluding carboxylic acids is 2. The molecule has 0 radical (unpaired) electrons. The number of fused-ring (bicyclic) bond motifs is 1. The normalized spacial score (nSPS) is 13.0. The summed E-state index contributed by atoms with van der Waals surface area (Å²) in [6, 6.07) is 6.43. The van der Waals surface area contributed by atoms with Crippen LogP contribution < -0.4 is 10.9 Å². The Balaban J connectivity index is 1.58. The number of hydrogen-bond acceptors (Lipinski definition) is 6. The molecule has 7 nitrogen and oxygen atoms in total. The third-order valence-corrected chi connectivity index (χ3v) is 4.97. The largest absolute Gasteiger partial charge is 0.465 e. The number of thioether (sulfide) groups is 1. The summed E-state index contributed by atoms with van der Waals surface area (Å²) in [6.45, 7) is 0. The molecule has 2 aromatic rings. The number of H-pyrrole nitrogens is 1. The number of anilines is 1. The Kier molecular flexibility index (Phi) is 5.72. The van der Waals surface area contributed by atoms with Crippen LogP contribution in [-0.4, -0.2) is 34.7 Å². The SMILES string of the molecule is COC(=O)c1ccc(NC(=O)CSc2nc3c(c(=O)[nH]2)CCCC3)cc1. The first-order valence-electron chi connectivity index (χ1n) is 8.30. The molecule has 0 atom stereocenters. The molecule has 1 heterocycles. The molecule has 1 aromatic heterocycles. The van der Waals surface area contributed by atoms with Gasteiger partial charge < -0.3 is 15.0 Å². The summed E-state index contributed by atoms with van der Waals surface area (Å²) in [7, 11) is 1.31. The maximum Gasteiger partial charge on any atom is 0.337 e. The van der Waals surface area contributed by atoms with E-state index in [0.717, 1.165) is 36.9 Å². The molecule has 1 aliphatic carbocycles. The Morgan fingerprint density at radius 3 is 2.69 bits per heavy atom. The molecule has 1 aliphatic rings. The lowest BCUT2D eigenvalue weighted by molar-refractivity contribution is -0.113. The number of benzene rings is 1. The summed E-state index contributed by atoms with van der Waals surface area (Å²) in [5.74, 6) is -0.525. The van der Waals surface area contributed by atoms with E-state index in [-0.39, 0.29) is 17.2 Å². The number of esters is 1. The molecule has 0 spiro atoms. The minimum absolute atomic E-state index is 0.101. The highest BCUT2D eigenvalue weighted by Crippen LogP contribution is 2.19. The van der Waals surface area contributed by atoms with Gasteiger partial charge >= 0.3 is 5.97 Å². The van der Waals surface area contributed by atoms with Crippen molar-refractivity contribution in [1.82, 2.24) is 9.97 Å². The number of aromatic nitrogens is 2. The number of methoxy groups -OCH3 is 1. The fraction of sp³-hybridized carbons (Fsp3) is 0.333. The number of nitrogens with zero attached hydrogens (tertiary/aromatic N) is 1. The van der Waals surface area contributed by atoms with Crippen LogP contribution in [0.2, 0.25) is 0 Å². The molecule has 26 heavy (non-hydrogen) atoms. The van der Waals surface area contributed by atoms with Crippen LogP contribution in [0.3, 0.4) is 0 Å². The molecule has 136 valence electrons. The van der Waals surface area contributed by atoms with Crippen molar-refractivity contribution in [2.24, 2.45) is 0 Å². The van der Waals surface area contributed by atoms with Gasteiger partial charge in [0.25, 0.3) is 5.56 Å². The molecule has 2 N–H and O–H groups in total. The van der Waals surface area contributed by atoms with Gasteiger partial charge in [-0.15, -0.1) is 0 Å². The second-order valence-corrected chi connectivity index (χ2v) is 6.87. The quantitative estimate of drug-likeness (QED) is 0.473. The van der Waals surface area contributed by atoms with Crippen molar-refractivity contribution in [2.75, 3.05) is 18.2 Å². The third-order valence-electron chi connectivity index (χ3n) is 4.10. The van der Waals surface area contributed by atoms with Crippen molar-refractivity contribution in [3.05, 3.63) is 51.4 Å². The molecular formula is C18H19N3O4S. The Morgan fingerprint density at radius 1 is 1.23 bits per heavy atom. The zero-order valence-corrected chi connectivity index (χ0v) is 15.1. The zero-order valence-electron chi connectivity index (χ0n) is 14.3. The summed E-state index contributed by atoms with van der Waals surface area (Å²) in [5.41, 5.74) is 2.51. The fourth-order valence-corrected chi connectivity index (χ4v) is 3.47. The molecule has 3 rings (SSSR count). The summed E-state index contributed by atoms with van der Waals surface area (Å²) in [4.78, 5) is 42.8. The number of ether oxygens (including phenoxy) is 1. The first-order valence-corrected chi connectivity index (χ1v) is 9.28. The summed E-state index contributed by atoms with van der Waals surface area (Å²) < 4.78 is 4.63. The number of aryl methyl sites for hydroxylation is 1. The van der Waals surface area contributed by atoms with E-state index in [0.29, 0.717) is 16.4 Å². The number of carbonyl (C=O) groups is 2. The van der Waals surface area contributed by atoms with E-state index in [4.69, 9.17) is 0 Å². The van der Waals surface area contributed by atoms with Gasteiger partial charge in [0.05, 0.1) is 24.1 Å². The lowest BCUT2D eigenvalue weighted by atomic mass is 9.97. The monoisotopic (exact) mass is 373 g/mol. The van der Waals surface area contributed by atoms with E-state index in [1.807, 2.05) is 0 Å². The van der Waals surface area contributed by atoms with Crippen molar-refractivity contribution in [3.63, 3.8) is 0 Å². The smallest absolute Gasteiger partial charge is 0.337 e. The number of aromatic amines is 1. The summed E-state index contributed by atoms with van der Waals surface area (Å²) in [6.07, 6.45) is 3.63. The maximum atomic E-state index is 12.1. The second-order valence-electron chi connectivity index (χ2n) is 5.91. The van der Waals surface area contributed by atoms with Crippen LogP contribution in [0.15, 0.2) is 34.2 Å². The number of nitrogens with one attached hydrogen (secondary N) is 2. The van der Waals surface area contributed by atoms with E-state index in [1.54, 1.807) is 24.3 Å². The molecule has 8 heteroatoms. The predicted octanol–water partition coefficient (Wildman–Crippen LogP) is 2.17. The van der Waals surface area contributed by atoms with Gasteiger partial charge in [0.1, 0.15) is 0 Å². The average Bonchev–Trinajstić information content (AvgIpc) is 2.66. The standard InChI is InChI=1S/C18H19N3O4S/c1-25-17(24)11-6-8-12(9-7-11)19-15(22)10-26-18-20-14-5-3-2-4-13(14)16(23)21-18/h6-9H,2-5,10H2,1H3,(H,19,22)(H,20,21,23). The van der Waals surface area contributed by atoms with E-state index < -0.39 is 5.97 Å². The fourth-order valence-electron chi connectivity index (χ4n) is 2.79. The van der Waals surface area contributed by atoms with Crippen LogP contribution >= 0.6 is 11.8 Å². The Morgan fingerprint density at radius 2 is 1.96 bits per heavy atom. The highest BCUT2D eigenvalue weighted by Gasteiger charge is 2.16. The van der Waals surface area contributed by atoms with Gasteiger partial charge in [-0.3, -0.25) is 9.59 Å². The first kappa shape index (κ1) is 18.2. The van der Waals surface area contributed by atoms with Gasteiger partial charge in [-0.25, -0.2) is 9.78 Å². The molecule has 0 saturated carbocycles. The molecule has 0 saturated heterocycles. The Labute approximate surface area is 154 Å². The maximum absolute atomic E-state index is 12.1. The van der Waals surface area contributed by atoms with E-state index in [9.17, 15) is 14.4 Å². The summed E-state index contributed by atoms with van der Waals surface area (Å²) in [5, 5.41) is 3.21. The third kappa shape index (κ3) is 4.32. The van der Waals surface area contributed by atoms with Crippen molar-refractivity contribution in [3.8, 4) is 0 Å². The van der Waals surface area contributed by atoms with Crippen molar-refractivity contribution < 1.29 is 14.3 Å². The molecule has 0 fully saturated rings. The van der Waals surface area contributed by atoms with E-state index >= 15 is 0 Å². The van der Waals surface area contributed by atoms with Gasteiger partial charge in [-0.2, -0.15) is 0 Å². The number of amides is 1. The van der Waals surface area contributed by atoms with Gasteiger partial charge in [-0.05, 0) is 49.9 Å². The topological polar surface area (TPSA) is 101 Å². The van der Waals surface area contributed by atoms with Crippen LogP contribution in [-0.2, 0) is 22.4 Å². The average molecular weight is 373 g/mol. The van der Waals surface area contributed by atoms with Gasteiger partial charge in [-0.1, -0.05) is 11.8 Å². The lowest BCUT2D eigenvalue weighted by Gasteiger charge is -2.14.